The molecule has 2 aromatic rings. The quantitative estimate of drug-likeness (QED) is 0.787. The van der Waals surface area contributed by atoms with Gasteiger partial charge in [-0.3, -0.25) is 0 Å². The lowest BCUT2D eigenvalue weighted by molar-refractivity contribution is 0.317. The number of nitrogens with zero attached hydrogens (tertiary/aromatic N) is 1. The number of hydrogen-bond acceptors (Lipinski definition) is 3. The molecule has 0 unspecified atom stereocenters. The van der Waals surface area contributed by atoms with E-state index in [4.69, 9.17) is 9.26 Å². The number of benzene rings is 1. The number of aromatic nitrogens is 1. The number of fused-ring (bicyclic) bond motifs is 1. The summed E-state index contributed by atoms with van der Waals surface area (Å²) in [5.41, 5.74) is 1.79. The Kier molecular flexibility index (Phi) is 3.83. The summed E-state index contributed by atoms with van der Waals surface area (Å²) in [5, 5.41) is 6.01. The lowest BCUT2D eigenvalue weighted by Gasteiger charge is -2.02. The van der Waals surface area contributed by atoms with Crippen molar-refractivity contribution in [2.45, 2.75) is 19.8 Å². The van der Waals surface area contributed by atoms with Crippen LogP contribution in [0.5, 0.6) is 5.75 Å². The first-order valence-corrected chi connectivity index (χ1v) is 6.54. The molecule has 0 bridgehead atoms. The van der Waals surface area contributed by atoms with E-state index in [1.807, 2.05) is 18.2 Å². The third kappa shape index (κ3) is 2.38. The molecule has 0 N–H and O–H groups in total. The van der Waals surface area contributed by atoms with Crippen LogP contribution in [0.2, 0.25) is 0 Å². The first-order chi connectivity index (χ1) is 7.85. The van der Waals surface area contributed by atoms with E-state index in [1.54, 1.807) is 0 Å². The van der Waals surface area contributed by atoms with Crippen LogP contribution in [0.3, 0.4) is 0 Å². The highest BCUT2D eigenvalue weighted by atomic mass is 79.9. The molecule has 1 aromatic carbocycles. The molecule has 0 aliphatic heterocycles. The molecular weight excluding hydrogens is 270 g/mol. The molecule has 0 atom stereocenters. The monoisotopic (exact) mass is 283 g/mol. The van der Waals surface area contributed by atoms with E-state index in [9.17, 15) is 0 Å². The molecule has 0 fully saturated rings. The molecule has 2 rings (SSSR count). The maximum absolute atomic E-state index is 5.54. The number of alkyl halides is 1. The van der Waals surface area contributed by atoms with Crippen molar-refractivity contribution in [2.24, 2.45) is 0 Å². The molecule has 0 aliphatic carbocycles. The normalized spacial score (nSPS) is 10.9. The minimum absolute atomic E-state index is 0.730. The highest BCUT2D eigenvalue weighted by molar-refractivity contribution is 9.09. The summed E-state index contributed by atoms with van der Waals surface area (Å²) in [7, 11) is 0. The summed E-state index contributed by atoms with van der Waals surface area (Å²) >= 11 is 3.40. The van der Waals surface area contributed by atoms with E-state index < -0.39 is 0 Å². The molecule has 16 heavy (non-hydrogen) atoms. The Balaban J connectivity index is 2.26. The van der Waals surface area contributed by atoms with Crippen molar-refractivity contribution in [3.8, 4) is 5.75 Å². The molecule has 3 nitrogen and oxygen atoms in total. The molecule has 0 saturated heterocycles. The summed E-state index contributed by atoms with van der Waals surface area (Å²) < 4.78 is 10.8. The Labute approximate surface area is 103 Å². The molecule has 0 aliphatic rings. The van der Waals surface area contributed by atoms with E-state index >= 15 is 0 Å². The topological polar surface area (TPSA) is 35.3 Å². The second kappa shape index (κ2) is 5.34. The molecular formula is C12H14BrNO2. The van der Waals surface area contributed by atoms with E-state index in [2.05, 4.69) is 28.0 Å². The summed E-state index contributed by atoms with van der Waals surface area (Å²) in [4.78, 5) is 0. The summed E-state index contributed by atoms with van der Waals surface area (Å²) in [5.74, 6) is 0.843. The van der Waals surface area contributed by atoms with Gasteiger partial charge >= 0.3 is 0 Å². The van der Waals surface area contributed by atoms with Crippen LogP contribution in [-0.4, -0.2) is 17.1 Å². The maximum atomic E-state index is 5.54. The molecule has 0 amide bonds. The molecule has 86 valence electrons. The van der Waals surface area contributed by atoms with Crippen molar-refractivity contribution in [1.29, 1.82) is 0 Å². The molecule has 0 saturated carbocycles. The highest BCUT2D eigenvalue weighted by Gasteiger charge is 2.08. The van der Waals surface area contributed by atoms with Crippen molar-refractivity contribution < 1.29 is 9.26 Å². The van der Waals surface area contributed by atoms with E-state index in [0.717, 1.165) is 47.2 Å². The first kappa shape index (κ1) is 11.5. The van der Waals surface area contributed by atoms with Crippen LogP contribution in [0.15, 0.2) is 22.7 Å². The first-order valence-electron chi connectivity index (χ1n) is 5.42. The maximum Gasteiger partial charge on any atom is 0.170 e. The smallest absolute Gasteiger partial charge is 0.170 e. The van der Waals surface area contributed by atoms with Gasteiger partial charge in [0.1, 0.15) is 5.75 Å². The lowest BCUT2D eigenvalue weighted by atomic mass is 10.2. The van der Waals surface area contributed by atoms with E-state index in [1.165, 1.54) is 0 Å². The van der Waals surface area contributed by atoms with Crippen molar-refractivity contribution in [3.63, 3.8) is 0 Å². The van der Waals surface area contributed by atoms with Gasteiger partial charge in [0, 0.05) is 23.2 Å². The number of hydrogen-bond donors (Lipinski definition) is 0. The number of rotatable bonds is 5. The van der Waals surface area contributed by atoms with Crippen LogP contribution in [0.25, 0.3) is 11.0 Å². The standard InChI is InChI=1S/C12H14BrNO2/c1-2-7-15-9-3-4-10-11(5-6-13)14-16-12(10)8-9/h3-4,8H,2,5-7H2,1H3. The third-order valence-electron chi connectivity index (χ3n) is 2.32. The summed E-state index contributed by atoms with van der Waals surface area (Å²) in [6.07, 6.45) is 1.88. The predicted molar refractivity (Wildman–Crippen MR) is 67.3 cm³/mol. The van der Waals surface area contributed by atoms with Crippen LogP contribution < -0.4 is 4.74 Å². The van der Waals surface area contributed by atoms with Crippen molar-refractivity contribution in [3.05, 3.63) is 23.9 Å². The molecule has 1 aromatic heterocycles. The van der Waals surface area contributed by atoms with Gasteiger partial charge in [0.15, 0.2) is 5.58 Å². The SMILES string of the molecule is CCCOc1ccc2c(CCBr)noc2c1. The zero-order valence-corrected chi connectivity index (χ0v) is 10.8. The number of aryl methyl sites for hydroxylation is 1. The second-order valence-electron chi connectivity index (χ2n) is 3.57. The Morgan fingerprint density at radius 2 is 2.31 bits per heavy atom. The summed E-state index contributed by atoms with van der Waals surface area (Å²) in [6.45, 7) is 2.81. The van der Waals surface area contributed by atoms with Crippen LogP contribution in [0, 0.1) is 0 Å². The van der Waals surface area contributed by atoms with Crippen LogP contribution in [0.4, 0.5) is 0 Å². The highest BCUT2D eigenvalue weighted by Crippen LogP contribution is 2.24. The Hall–Kier alpha value is -1.03. The van der Waals surface area contributed by atoms with E-state index in [0.29, 0.717) is 0 Å². The zero-order valence-electron chi connectivity index (χ0n) is 9.20. The third-order valence-corrected chi connectivity index (χ3v) is 2.72. The van der Waals surface area contributed by atoms with E-state index in [-0.39, 0.29) is 0 Å². The van der Waals surface area contributed by atoms with Gasteiger partial charge in [-0.15, -0.1) is 0 Å². The van der Waals surface area contributed by atoms with Gasteiger partial charge in [-0.25, -0.2) is 0 Å². The number of halogens is 1. The fraction of sp³-hybridized carbons (Fsp3) is 0.417. The Bertz CT molecular complexity index is 467. The Morgan fingerprint density at radius 3 is 3.06 bits per heavy atom. The molecule has 0 spiro atoms. The van der Waals surface area contributed by atoms with Crippen LogP contribution in [-0.2, 0) is 6.42 Å². The average Bonchev–Trinajstić information content (AvgIpc) is 2.70. The van der Waals surface area contributed by atoms with Crippen LogP contribution >= 0.6 is 15.9 Å². The fourth-order valence-corrected chi connectivity index (χ4v) is 1.93. The second-order valence-corrected chi connectivity index (χ2v) is 4.37. The zero-order chi connectivity index (χ0) is 11.4. The summed E-state index contributed by atoms with van der Waals surface area (Å²) in [6, 6.07) is 5.87. The van der Waals surface area contributed by atoms with Crippen LogP contribution in [0.1, 0.15) is 19.0 Å². The van der Waals surface area contributed by atoms with Gasteiger partial charge in [0.2, 0.25) is 0 Å². The van der Waals surface area contributed by atoms with Gasteiger partial charge in [-0.2, -0.15) is 0 Å². The molecule has 0 radical (unpaired) electrons. The molecule has 4 heteroatoms. The van der Waals surface area contributed by atoms with Gasteiger partial charge in [0.05, 0.1) is 12.3 Å². The van der Waals surface area contributed by atoms with Gasteiger partial charge in [-0.05, 0) is 18.6 Å². The van der Waals surface area contributed by atoms with Crippen molar-refractivity contribution in [1.82, 2.24) is 5.16 Å². The van der Waals surface area contributed by atoms with Crippen molar-refractivity contribution in [2.75, 3.05) is 11.9 Å². The van der Waals surface area contributed by atoms with Crippen molar-refractivity contribution >= 4 is 26.9 Å². The molecule has 1 heterocycles. The van der Waals surface area contributed by atoms with Gasteiger partial charge < -0.3 is 9.26 Å². The minimum Gasteiger partial charge on any atom is -0.493 e. The fourth-order valence-electron chi connectivity index (χ4n) is 1.55. The largest absolute Gasteiger partial charge is 0.493 e. The predicted octanol–water partition coefficient (Wildman–Crippen LogP) is 3.55. The van der Waals surface area contributed by atoms with Gasteiger partial charge in [0.25, 0.3) is 0 Å². The number of ether oxygens (including phenoxy) is 1. The minimum atomic E-state index is 0.730. The average molecular weight is 284 g/mol. The lowest BCUT2D eigenvalue weighted by Crippen LogP contribution is -1.94. The Morgan fingerprint density at radius 1 is 1.44 bits per heavy atom. The van der Waals surface area contributed by atoms with Gasteiger partial charge in [-0.1, -0.05) is 28.0 Å².